The molecule has 2 aromatic rings. The van der Waals surface area contributed by atoms with Gasteiger partial charge >= 0.3 is 9.28 Å². The van der Waals surface area contributed by atoms with Crippen LogP contribution in [0.3, 0.4) is 0 Å². The summed E-state index contributed by atoms with van der Waals surface area (Å²) in [5.41, 5.74) is 0. The molecule has 116 valence electrons. The third kappa shape index (κ3) is 3.71. The molecule has 1 aliphatic carbocycles. The lowest BCUT2D eigenvalue weighted by atomic mass is 9.90. The van der Waals surface area contributed by atoms with E-state index in [0.717, 1.165) is 11.5 Å². The molecule has 0 N–H and O–H groups in total. The summed E-state index contributed by atoms with van der Waals surface area (Å²) in [7, 11) is -1.88. The highest BCUT2D eigenvalue weighted by Crippen LogP contribution is 2.45. The third-order valence-electron chi connectivity index (χ3n) is 4.54. The minimum absolute atomic E-state index is 0.198. The summed E-state index contributed by atoms with van der Waals surface area (Å²) < 4.78 is 12.8. The summed E-state index contributed by atoms with van der Waals surface area (Å²) in [6.07, 6.45) is 6.34. The predicted octanol–water partition coefficient (Wildman–Crippen LogP) is 5.09. The molecule has 1 aliphatic rings. The zero-order chi connectivity index (χ0) is 15.3. The quantitative estimate of drug-likeness (QED) is 0.716. The lowest BCUT2D eigenvalue weighted by molar-refractivity contribution is 0.302. The van der Waals surface area contributed by atoms with Gasteiger partial charge in [0, 0.05) is 5.04 Å². The van der Waals surface area contributed by atoms with Gasteiger partial charge in [-0.15, -0.1) is 0 Å². The second-order valence-electron chi connectivity index (χ2n) is 6.41. The minimum atomic E-state index is -1.88. The van der Waals surface area contributed by atoms with Crippen LogP contribution in [0.25, 0.3) is 0 Å². The Morgan fingerprint density at radius 1 is 0.727 bits per heavy atom. The van der Waals surface area contributed by atoms with E-state index in [2.05, 4.69) is 6.92 Å². The minimum Gasteiger partial charge on any atom is -0.514 e. The monoisotopic (exact) mass is 312 g/mol. The smallest absolute Gasteiger partial charge is 0.450 e. The Kier molecular flexibility index (Phi) is 4.83. The molecule has 22 heavy (non-hydrogen) atoms. The number of rotatable bonds is 5. The molecule has 1 fully saturated rings. The Labute approximate surface area is 134 Å². The normalized spacial score (nSPS) is 17.2. The van der Waals surface area contributed by atoms with E-state index >= 15 is 0 Å². The Balaban J connectivity index is 1.81. The van der Waals surface area contributed by atoms with E-state index in [1.165, 1.54) is 32.1 Å². The van der Waals surface area contributed by atoms with Gasteiger partial charge in [-0.2, -0.15) is 0 Å². The van der Waals surface area contributed by atoms with Gasteiger partial charge in [-0.1, -0.05) is 62.6 Å². The molecule has 3 heteroatoms. The molecule has 0 heterocycles. The number of para-hydroxylation sites is 2. The Morgan fingerprint density at radius 3 is 1.64 bits per heavy atom. The first-order valence-electron chi connectivity index (χ1n) is 8.20. The maximum absolute atomic E-state index is 6.38. The molecule has 0 amide bonds. The van der Waals surface area contributed by atoms with Gasteiger partial charge in [-0.25, -0.2) is 0 Å². The zero-order valence-electron chi connectivity index (χ0n) is 13.2. The second kappa shape index (κ2) is 7.01. The standard InChI is InChI=1S/C19H24O2Si/c1-19(15-9-4-10-16-19)22(20-17-11-5-2-6-12-17)21-18-13-7-3-8-14-18/h2-3,5-8,11-14,22H,4,9-10,15-16H2,1H3. The van der Waals surface area contributed by atoms with Crippen LogP contribution >= 0.6 is 0 Å². The first-order chi connectivity index (χ1) is 10.8. The van der Waals surface area contributed by atoms with E-state index in [-0.39, 0.29) is 5.04 Å². The number of hydrogen-bond acceptors (Lipinski definition) is 2. The van der Waals surface area contributed by atoms with Crippen molar-refractivity contribution in [2.75, 3.05) is 0 Å². The average Bonchev–Trinajstić information content (AvgIpc) is 2.57. The third-order valence-corrected chi connectivity index (χ3v) is 7.23. The van der Waals surface area contributed by atoms with Crippen LogP contribution in [0, 0.1) is 0 Å². The van der Waals surface area contributed by atoms with E-state index in [4.69, 9.17) is 8.85 Å². The summed E-state index contributed by atoms with van der Waals surface area (Å²) in [6, 6.07) is 20.2. The van der Waals surface area contributed by atoms with E-state index in [0.29, 0.717) is 0 Å². The summed E-state index contributed by atoms with van der Waals surface area (Å²) >= 11 is 0. The average molecular weight is 312 g/mol. The fourth-order valence-corrected chi connectivity index (χ4v) is 5.45. The first-order valence-corrected chi connectivity index (χ1v) is 9.72. The maximum Gasteiger partial charge on any atom is 0.450 e. The van der Waals surface area contributed by atoms with Gasteiger partial charge in [0.1, 0.15) is 11.5 Å². The van der Waals surface area contributed by atoms with Gasteiger partial charge in [0.2, 0.25) is 0 Å². The Bertz CT molecular complexity index is 523. The van der Waals surface area contributed by atoms with Crippen LogP contribution in [0.5, 0.6) is 11.5 Å². The SMILES string of the molecule is CC1([SiH](Oc2ccccc2)Oc2ccccc2)CCCCC1. The highest BCUT2D eigenvalue weighted by Gasteiger charge is 2.42. The Morgan fingerprint density at radius 2 is 1.18 bits per heavy atom. The molecule has 2 nitrogen and oxygen atoms in total. The Hall–Kier alpha value is -1.74. The van der Waals surface area contributed by atoms with Crippen LogP contribution in [0.2, 0.25) is 5.04 Å². The molecule has 0 unspecified atom stereocenters. The molecule has 2 aromatic carbocycles. The summed E-state index contributed by atoms with van der Waals surface area (Å²) in [5, 5.41) is 0.198. The molecular weight excluding hydrogens is 288 g/mol. The van der Waals surface area contributed by atoms with Gasteiger partial charge in [-0.3, -0.25) is 0 Å². The molecule has 0 saturated heterocycles. The van der Waals surface area contributed by atoms with Crippen molar-refractivity contribution in [1.29, 1.82) is 0 Å². The van der Waals surface area contributed by atoms with Crippen molar-refractivity contribution >= 4 is 9.28 Å². The lowest BCUT2D eigenvalue weighted by Crippen LogP contribution is -2.43. The van der Waals surface area contributed by atoms with Crippen LogP contribution in [0.15, 0.2) is 60.7 Å². The molecular formula is C19H24O2Si. The number of benzene rings is 2. The van der Waals surface area contributed by atoms with E-state index < -0.39 is 9.28 Å². The lowest BCUT2D eigenvalue weighted by Gasteiger charge is -2.38. The zero-order valence-corrected chi connectivity index (χ0v) is 14.4. The van der Waals surface area contributed by atoms with Crippen molar-refractivity contribution < 1.29 is 8.85 Å². The first kappa shape index (κ1) is 15.2. The van der Waals surface area contributed by atoms with Crippen LogP contribution in [0.1, 0.15) is 39.0 Å². The summed E-state index contributed by atoms with van der Waals surface area (Å²) in [5.74, 6) is 1.86. The van der Waals surface area contributed by atoms with Crippen molar-refractivity contribution in [3.8, 4) is 11.5 Å². The molecule has 0 atom stereocenters. The van der Waals surface area contributed by atoms with Crippen molar-refractivity contribution in [2.45, 2.75) is 44.1 Å². The molecule has 1 saturated carbocycles. The molecule has 0 aromatic heterocycles. The van der Waals surface area contributed by atoms with E-state index in [1.54, 1.807) is 0 Å². The summed E-state index contributed by atoms with van der Waals surface area (Å²) in [6.45, 7) is 2.36. The van der Waals surface area contributed by atoms with Crippen LogP contribution in [-0.2, 0) is 0 Å². The van der Waals surface area contributed by atoms with Crippen LogP contribution in [-0.4, -0.2) is 9.28 Å². The van der Waals surface area contributed by atoms with Gasteiger partial charge in [-0.05, 0) is 37.1 Å². The molecule has 0 bridgehead atoms. The van der Waals surface area contributed by atoms with Gasteiger partial charge in [0.25, 0.3) is 0 Å². The van der Waals surface area contributed by atoms with Crippen molar-refractivity contribution in [3.63, 3.8) is 0 Å². The molecule has 0 aliphatic heterocycles. The van der Waals surface area contributed by atoms with Crippen molar-refractivity contribution in [2.24, 2.45) is 0 Å². The largest absolute Gasteiger partial charge is 0.514 e. The van der Waals surface area contributed by atoms with Gasteiger partial charge in [0.05, 0.1) is 0 Å². The van der Waals surface area contributed by atoms with Crippen LogP contribution in [0.4, 0.5) is 0 Å². The predicted molar refractivity (Wildman–Crippen MR) is 92.7 cm³/mol. The van der Waals surface area contributed by atoms with Gasteiger partial charge in [0.15, 0.2) is 0 Å². The highest BCUT2D eigenvalue weighted by molar-refractivity contribution is 6.50. The number of hydrogen-bond donors (Lipinski definition) is 0. The van der Waals surface area contributed by atoms with E-state index in [9.17, 15) is 0 Å². The van der Waals surface area contributed by atoms with Gasteiger partial charge < -0.3 is 8.85 Å². The highest BCUT2D eigenvalue weighted by atomic mass is 28.3. The molecule has 0 radical (unpaired) electrons. The molecule has 3 rings (SSSR count). The maximum atomic E-state index is 6.38. The van der Waals surface area contributed by atoms with E-state index in [1.807, 2.05) is 60.7 Å². The van der Waals surface area contributed by atoms with Crippen molar-refractivity contribution in [3.05, 3.63) is 60.7 Å². The second-order valence-corrected chi connectivity index (χ2v) is 8.94. The van der Waals surface area contributed by atoms with Crippen LogP contribution < -0.4 is 8.85 Å². The van der Waals surface area contributed by atoms with Crippen molar-refractivity contribution in [1.82, 2.24) is 0 Å². The summed E-state index contributed by atoms with van der Waals surface area (Å²) in [4.78, 5) is 0. The fourth-order valence-electron chi connectivity index (χ4n) is 3.15. The molecule has 0 spiro atoms. The topological polar surface area (TPSA) is 18.5 Å². The fraction of sp³-hybridized carbons (Fsp3) is 0.368.